The molecule has 2 saturated carbocycles. The number of para-hydroxylation sites is 1. The summed E-state index contributed by atoms with van der Waals surface area (Å²) in [5.74, 6) is 1.19. The molecule has 24 heavy (non-hydrogen) atoms. The minimum Gasteiger partial charge on any atom is -0.486 e. The van der Waals surface area contributed by atoms with E-state index < -0.39 is 5.60 Å². The molecule has 1 aromatic heterocycles. The van der Waals surface area contributed by atoms with Crippen molar-refractivity contribution in [2.45, 2.75) is 24.9 Å². The Labute approximate surface area is 143 Å². The van der Waals surface area contributed by atoms with E-state index in [1.807, 2.05) is 29.6 Å². The van der Waals surface area contributed by atoms with Crippen molar-refractivity contribution in [3.8, 4) is 5.75 Å². The SMILES string of the molecule is O=C1C[C@@]2(CC[C@@H]3[C@@H](C(=O)Nc4nccs4)[C@@H]32)Oc2ccccc21. The molecule has 1 amide bonds. The van der Waals surface area contributed by atoms with E-state index in [1.165, 1.54) is 11.3 Å². The summed E-state index contributed by atoms with van der Waals surface area (Å²) in [6.07, 6.45) is 3.85. The number of aromatic nitrogens is 1. The van der Waals surface area contributed by atoms with E-state index in [2.05, 4.69) is 10.3 Å². The smallest absolute Gasteiger partial charge is 0.230 e. The summed E-state index contributed by atoms with van der Waals surface area (Å²) in [7, 11) is 0. The molecule has 122 valence electrons. The number of thiazole rings is 1. The molecule has 0 unspecified atom stereocenters. The number of hydrogen-bond donors (Lipinski definition) is 1. The zero-order valence-electron chi connectivity index (χ0n) is 12.9. The fourth-order valence-electron chi connectivity index (χ4n) is 4.59. The Morgan fingerprint density at radius 1 is 1.38 bits per heavy atom. The molecule has 2 aromatic rings. The highest BCUT2D eigenvalue weighted by molar-refractivity contribution is 7.13. The summed E-state index contributed by atoms with van der Waals surface area (Å²) in [5.41, 5.74) is 0.164. The lowest BCUT2D eigenvalue weighted by Gasteiger charge is -2.37. The van der Waals surface area contributed by atoms with Crippen LogP contribution in [0.25, 0.3) is 0 Å². The number of ketones is 1. The van der Waals surface area contributed by atoms with Crippen LogP contribution in [0.3, 0.4) is 0 Å². The molecule has 5 rings (SSSR count). The molecule has 3 aliphatic rings. The van der Waals surface area contributed by atoms with Crippen LogP contribution >= 0.6 is 11.3 Å². The van der Waals surface area contributed by atoms with E-state index in [0.717, 1.165) is 12.8 Å². The highest BCUT2D eigenvalue weighted by atomic mass is 32.1. The molecule has 1 spiro atoms. The highest BCUT2D eigenvalue weighted by Gasteiger charge is 2.70. The first-order chi connectivity index (χ1) is 11.7. The Hall–Kier alpha value is -2.21. The Balaban J connectivity index is 1.39. The molecule has 0 bridgehead atoms. The van der Waals surface area contributed by atoms with E-state index >= 15 is 0 Å². The number of carbonyl (C=O) groups excluding carboxylic acids is 2. The number of fused-ring (bicyclic) bond motifs is 3. The van der Waals surface area contributed by atoms with Crippen LogP contribution in [0.15, 0.2) is 35.8 Å². The number of ether oxygens (including phenoxy) is 1. The Bertz CT molecular complexity index is 835. The number of anilines is 1. The van der Waals surface area contributed by atoms with Gasteiger partial charge in [-0.05, 0) is 30.9 Å². The number of hydrogen-bond acceptors (Lipinski definition) is 5. The lowest BCUT2D eigenvalue weighted by Crippen LogP contribution is -2.44. The van der Waals surface area contributed by atoms with Gasteiger partial charge in [-0.25, -0.2) is 4.98 Å². The molecule has 1 aromatic carbocycles. The zero-order valence-corrected chi connectivity index (χ0v) is 13.7. The third-order valence-electron chi connectivity index (χ3n) is 5.60. The summed E-state index contributed by atoms with van der Waals surface area (Å²) in [6, 6.07) is 7.42. The van der Waals surface area contributed by atoms with Gasteiger partial charge in [0.05, 0.1) is 12.0 Å². The molecular weight excluding hydrogens is 324 g/mol. The molecule has 4 atom stereocenters. The average Bonchev–Trinajstić information content (AvgIpc) is 2.91. The second kappa shape index (κ2) is 4.89. The summed E-state index contributed by atoms with van der Waals surface area (Å²) in [5, 5.41) is 5.36. The molecule has 5 nitrogen and oxygen atoms in total. The third-order valence-corrected chi connectivity index (χ3v) is 6.29. The van der Waals surface area contributed by atoms with Gasteiger partial charge in [-0.3, -0.25) is 9.59 Å². The molecule has 0 saturated heterocycles. The van der Waals surface area contributed by atoms with E-state index in [0.29, 0.717) is 28.8 Å². The summed E-state index contributed by atoms with van der Waals surface area (Å²) < 4.78 is 6.31. The number of benzene rings is 1. The second-order valence-corrected chi connectivity index (χ2v) is 7.74. The number of nitrogens with one attached hydrogen (secondary N) is 1. The maximum absolute atomic E-state index is 12.6. The summed E-state index contributed by atoms with van der Waals surface area (Å²) >= 11 is 1.41. The maximum Gasteiger partial charge on any atom is 0.230 e. The quantitative estimate of drug-likeness (QED) is 0.912. The van der Waals surface area contributed by atoms with Crippen LogP contribution in [0.1, 0.15) is 29.6 Å². The summed E-state index contributed by atoms with van der Waals surface area (Å²) in [6.45, 7) is 0. The van der Waals surface area contributed by atoms with Crippen molar-refractivity contribution in [1.82, 2.24) is 4.98 Å². The van der Waals surface area contributed by atoms with Crippen LogP contribution < -0.4 is 10.1 Å². The Morgan fingerprint density at radius 2 is 2.25 bits per heavy atom. The first kappa shape index (κ1) is 14.2. The van der Waals surface area contributed by atoms with Crippen molar-refractivity contribution in [2.75, 3.05) is 5.32 Å². The topological polar surface area (TPSA) is 68.3 Å². The molecule has 6 heteroatoms. The Morgan fingerprint density at radius 3 is 3.08 bits per heavy atom. The fourth-order valence-corrected chi connectivity index (χ4v) is 5.12. The van der Waals surface area contributed by atoms with Gasteiger partial charge in [0.25, 0.3) is 0 Å². The number of Topliss-reactive ketones (excluding diaryl/α,β-unsaturated/α-hetero) is 1. The van der Waals surface area contributed by atoms with Crippen molar-refractivity contribution < 1.29 is 14.3 Å². The number of rotatable bonds is 2. The second-order valence-electron chi connectivity index (χ2n) is 6.84. The largest absolute Gasteiger partial charge is 0.486 e. The monoisotopic (exact) mass is 340 g/mol. The molecule has 1 aliphatic heterocycles. The third kappa shape index (κ3) is 1.95. The van der Waals surface area contributed by atoms with Crippen LogP contribution in [-0.2, 0) is 4.79 Å². The predicted molar refractivity (Wildman–Crippen MR) is 89.2 cm³/mol. The lowest BCUT2D eigenvalue weighted by molar-refractivity contribution is -0.119. The predicted octanol–water partition coefficient (Wildman–Crippen LogP) is 3.14. The standard InChI is InChI=1S/C18H16N2O3S/c21-12-9-18(23-13-4-2-1-3-10(12)13)6-5-11-14(15(11)18)16(22)20-17-19-7-8-24-17/h1-4,7-8,11,14-15H,5-6,9H2,(H,19,20,22)/t11-,14-,15-,18-/m1/s1. The van der Waals surface area contributed by atoms with Gasteiger partial charge in [0, 0.05) is 23.4 Å². The van der Waals surface area contributed by atoms with E-state index in [4.69, 9.17) is 4.74 Å². The van der Waals surface area contributed by atoms with Crippen LogP contribution in [0, 0.1) is 17.8 Å². The van der Waals surface area contributed by atoms with E-state index in [1.54, 1.807) is 6.20 Å². The molecule has 0 radical (unpaired) electrons. The first-order valence-electron chi connectivity index (χ1n) is 8.20. The molecule has 2 heterocycles. The molecule has 2 fully saturated rings. The van der Waals surface area contributed by atoms with Gasteiger partial charge in [-0.2, -0.15) is 0 Å². The van der Waals surface area contributed by atoms with Crippen molar-refractivity contribution >= 4 is 28.2 Å². The Kier molecular flexibility index (Phi) is 2.89. The lowest BCUT2D eigenvalue weighted by atomic mass is 9.84. The van der Waals surface area contributed by atoms with Gasteiger partial charge in [-0.15, -0.1) is 11.3 Å². The van der Waals surface area contributed by atoms with Crippen molar-refractivity contribution in [1.29, 1.82) is 0 Å². The molecule has 1 N–H and O–H groups in total. The van der Waals surface area contributed by atoms with Crippen molar-refractivity contribution in [3.05, 3.63) is 41.4 Å². The average molecular weight is 340 g/mol. The van der Waals surface area contributed by atoms with Gasteiger partial charge in [0.15, 0.2) is 10.9 Å². The van der Waals surface area contributed by atoms with Gasteiger partial charge >= 0.3 is 0 Å². The number of carbonyl (C=O) groups is 2. The van der Waals surface area contributed by atoms with Gasteiger partial charge < -0.3 is 10.1 Å². The van der Waals surface area contributed by atoms with Crippen LogP contribution in [-0.4, -0.2) is 22.3 Å². The fraction of sp³-hybridized carbons (Fsp3) is 0.389. The molecule has 2 aliphatic carbocycles. The normalized spacial score (nSPS) is 32.8. The minimum absolute atomic E-state index is 0.00827. The number of nitrogens with zero attached hydrogens (tertiary/aromatic N) is 1. The van der Waals surface area contributed by atoms with Gasteiger partial charge in [0.1, 0.15) is 11.4 Å². The van der Waals surface area contributed by atoms with Crippen molar-refractivity contribution in [3.63, 3.8) is 0 Å². The minimum atomic E-state index is -0.499. The highest BCUT2D eigenvalue weighted by Crippen LogP contribution is 2.65. The summed E-state index contributed by atoms with van der Waals surface area (Å²) in [4.78, 5) is 29.2. The van der Waals surface area contributed by atoms with Crippen molar-refractivity contribution in [2.24, 2.45) is 17.8 Å². The van der Waals surface area contributed by atoms with Crippen LogP contribution in [0.2, 0.25) is 0 Å². The van der Waals surface area contributed by atoms with Gasteiger partial charge in [0.2, 0.25) is 5.91 Å². The van der Waals surface area contributed by atoms with Crippen LogP contribution in [0.4, 0.5) is 5.13 Å². The van der Waals surface area contributed by atoms with Crippen LogP contribution in [0.5, 0.6) is 5.75 Å². The van der Waals surface area contributed by atoms with E-state index in [-0.39, 0.29) is 23.5 Å². The van der Waals surface area contributed by atoms with Gasteiger partial charge in [-0.1, -0.05) is 12.1 Å². The first-order valence-corrected chi connectivity index (χ1v) is 9.07. The molecular formula is C18H16N2O3S. The number of amides is 1. The van der Waals surface area contributed by atoms with E-state index in [9.17, 15) is 9.59 Å². The maximum atomic E-state index is 12.6. The zero-order chi connectivity index (χ0) is 16.3.